The number of H-pyrrole nitrogens is 2. The fourth-order valence-electron chi connectivity index (χ4n) is 2.48. The van der Waals surface area contributed by atoms with E-state index in [2.05, 4.69) is 21.9 Å². The van der Waals surface area contributed by atoms with Crippen molar-refractivity contribution in [3.63, 3.8) is 0 Å². The van der Waals surface area contributed by atoms with E-state index in [1.807, 2.05) is 18.2 Å². The highest BCUT2D eigenvalue weighted by atomic mass is 32.2. The molecule has 1 aromatic carbocycles. The highest BCUT2D eigenvalue weighted by molar-refractivity contribution is 7.99. The van der Waals surface area contributed by atoms with Gasteiger partial charge in [0.05, 0.1) is 5.75 Å². The summed E-state index contributed by atoms with van der Waals surface area (Å²) >= 11 is 1.16. The summed E-state index contributed by atoms with van der Waals surface area (Å²) < 4.78 is 0. The van der Waals surface area contributed by atoms with E-state index in [4.69, 9.17) is 5.73 Å². The van der Waals surface area contributed by atoms with Crippen LogP contribution in [0.2, 0.25) is 0 Å². The second-order valence-corrected chi connectivity index (χ2v) is 6.05. The van der Waals surface area contributed by atoms with Gasteiger partial charge in [-0.05, 0) is 12.0 Å². The maximum absolute atomic E-state index is 12.5. The Morgan fingerprint density at radius 2 is 2.22 bits per heavy atom. The number of hydrogen-bond donors (Lipinski definition) is 3. The number of anilines is 1. The number of carbonyl (C=O) groups excluding carboxylic acids is 1. The first-order chi connectivity index (χ1) is 11.1. The van der Waals surface area contributed by atoms with Crippen molar-refractivity contribution in [1.29, 1.82) is 0 Å². The average Bonchev–Trinajstić information content (AvgIpc) is 2.95. The zero-order chi connectivity index (χ0) is 16.4. The summed E-state index contributed by atoms with van der Waals surface area (Å²) in [6.45, 7) is 2.08. The summed E-state index contributed by atoms with van der Waals surface area (Å²) in [6, 6.07) is 7.14. The number of ketones is 1. The predicted molar refractivity (Wildman–Crippen MR) is 92.0 cm³/mol. The van der Waals surface area contributed by atoms with E-state index in [1.54, 1.807) is 6.20 Å². The lowest BCUT2D eigenvalue weighted by molar-refractivity contribution is 0.102. The summed E-state index contributed by atoms with van der Waals surface area (Å²) in [5.74, 6) is 0.290. The number of nitrogen functional groups attached to an aromatic ring is 1. The van der Waals surface area contributed by atoms with Gasteiger partial charge in [-0.15, -0.1) is 0 Å². The maximum Gasteiger partial charge on any atom is 0.253 e. The van der Waals surface area contributed by atoms with E-state index in [-0.39, 0.29) is 22.9 Å². The largest absolute Gasteiger partial charge is 0.383 e. The third-order valence-electron chi connectivity index (χ3n) is 3.56. The fraction of sp³-hybridized carbons (Fsp3) is 0.188. The maximum atomic E-state index is 12.5. The molecule has 0 aliphatic carbocycles. The SMILES string of the molecule is CCc1cccc2c(C(=O)CSc3nc(N)cc(=O)[nH]3)c[nH]c12. The second kappa shape index (κ2) is 6.29. The zero-order valence-corrected chi connectivity index (χ0v) is 13.4. The van der Waals surface area contributed by atoms with Gasteiger partial charge in [0.15, 0.2) is 10.9 Å². The number of nitrogens with zero attached hydrogens (tertiary/aromatic N) is 1. The number of hydrogen-bond acceptors (Lipinski definition) is 5. The highest BCUT2D eigenvalue weighted by Gasteiger charge is 2.14. The van der Waals surface area contributed by atoms with E-state index in [9.17, 15) is 9.59 Å². The summed E-state index contributed by atoms with van der Waals surface area (Å²) in [7, 11) is 0. The number of carbonyl (C=O) groups is 1. The highest BCUT2D eigenvalue weighted by Crippen LogP contribution is 2.24. The van der Waals surface area contributed by atoms with Crippen molar-refractivity contribution in [3.8, 4) is 0 Å². The first-order valence-electron chi connectivity index (χ1n) is 7.20. The molecule has 3 aromatic rings. The Kier molecular flexibility index (Phi) is 4.20. The minimum atomic E-state index is -0.327. The van der Waals surface area contributed by atoms with Crippen LogP contribution in [0.15, 0.2) is 40.4 Å². The fourth-order valence-corrected chi connectivity index (χ4v) is 3.24. The molecule has 7 heteroatoms. The van der Waals surface area contributed by atoms with Crippen LogP contribution in [0.1, 0.15) is 22.8 Å². The van der Waals surface area contributed by atoms with Crippen molar-refractivity contribution < 1.29 is 4.79 Å². The lowest BCUT2D eigenvalue weighted by atomic mass is 10.1. The van der Waals surface area contributed by atoms with Crippen molar-refractivity contribution >= 4 is 34.3 Å². The number of aromatic nitrogens is 3. The standard InChI is InChI=1S/C16H16N4O2S/c1-2-9-4-3-5-10-11(7-18-15(9)10)12(21)8-23-16-19-13(17)6-14(22)20-16/h3-7,18H,2,8H2,1H3,(H3,17,19,20,22). The Morgan fingerprint density at radius 3 is 2.96 bits per heavy atom. The van der Waals surface area contributed by atoms with Gasteiger partial charge in [-0.1, -0.05) is 36.9 Å². The van der Waals surface area contributed by atoms with Gasteiger partial charge in [0.25, 0.3) is 5.56 Å². The van der Waals surface area contributed by atoms with Gasteiger partial charge >= 0.3 is 0 Å². The number of aromatic amines is 2. The molecule has 0 spiro atoms. The van der Waals surface area contributed by atoms with Crippen molar-refractivity contribution in [1.82, 2.24) is 15.0 Å². The average molecular weight is 328 g/mol. The third kappa shape index (κ3) is 3.14. The number of nitrogens with one attached hydrogen (secondary N) is 2. The molecule has 0 aliphatic heterocycles. The first-order valence-corrected chi connectivity index (χ1v) is 8.19. The number of Topliss-reactive ketones (excluding diaryl/α,β-unsaturated/α-hetero) is 1. The predicted octanol–water partition coefficient (Wildman–Crippen LogP) is 2.37. The van der Waals surface area contributed by atoms with Gasteiger partial charge in [0.2, 0.25) is 0 Å². The van der Waals surface area contributed by atoms with Crippen LogP contribution in [0.25, 0.3) is 10.9 Å². The van der Waals surface area contributed by atoms with Gasteiger partial charge in [-0.3, -0.25) is 9.59 Å². The molecule has 23 heavy (non-hydrogen) atoms. The van der Waals surface area contributed by atoms with Crippen molar-refractivity contribution in [2.45, 2.75) is 18.5 Å². The molecule has 0 radical (unpaired) electrons. The molecule has 0 unspecified atom stereocenters. The lowest BCUT2D eigenvalue weighted by Crippen LogP contribution is -2.10. The van der Waals surface area contributed by atoms with E-state index in [0.717, 1.165) is 29.1 Å². The van der Waals surface area contributed by atoms with Gasteiger partial charge in [-0.25, -0.2) is 4.98 Å². The molecular formula is C16H16N4O2S. The van der Waals surface area contributed by atoms with Crippen molar-refractivity contribution in [2.24, 2.45) is 0 Å². The Labute approximate surface area is 136 Å². The molecule has 0 atom stereocenters. The van der Waals surface area contributed by atoms with Crippen LogP contribution >= 0.6 is 11.8 Å². The van der Waals surface area contributed by atoms with E-state index >= 15 is 0 Å². The minimum absolute atomic E-state index is 0.0282. The Morgan fingerprint density at radius 1 is 1.39 bits per heavy atom. The van der Waals surface area contributed by atoms with Crippen LogP contribution < -0.4 is 11.3 Å². The quantitative estimate of drug-likeness (QED) is 0.379. The molecule has 0 saturated carbocycles. The molecular weight excluding hydrogens is 312 g/mol. The monoisotopic (exact) mass is 328 g/mol. The Bertz CT molecular complexity index is 929. The van der Waals surface area contributed by atoms with Gasteiger partial charge in [-0.2, -0.15) is 0 Å². The third-order valence-corrected chi connectivity index (χ3v) is 4.44. The summed E-state index contributed by atoms with van der Waals surface area (Å²) in [5.41, 5.74) is 8.03. The van der Waals surface area contributed by atoms with Crippen molar-refractivity contribution in [3.05, 3.63) is 51.9 Å². The van der Waals surface area contributed by atoms with Crippen LogP contribution in [0, 0.1) is 0 Å². The number of fused-ring (bicyclic) bond motifs is 1. The number of benzene rings is 1. The van der Waals surface area contributed by atoms with Gasteiger partial charge in [0.1, 0.15) is 5.82 Å². The molecule has 0 saturated heterocycles. The minimum Gasteiger partial charge on any atom is -0.383 e. The van der Waals surface area contributed by atoms with E-state index in [0.29, 0.717) is 10.7 Å². The smallest absolute Gasteiger partial charge is 0.253 e. The van der Waals surface area contributed by atoms with Gasteiger partial charge < -0.3 is 15.7 Å². The topological polar surface area (TPSA) is 105 Å². The molecule has 3 rings (SSSR count). The van der Waals surface area contributed by atoms with Gasteiger partial charge in [0, 0.05) is 28.7 Å². The number of thioether (sulfide) groups is 1. The van der Waals surface area contributed by atoms with E-state index < -0.39 is 0 Å². The molecule has 2 heterocycles. The molecule has 118 valence electrons. The normalized spacial score (nSPS) is 11.0. The molecule has 2 aromatic heterocycles. The second-order valence-electron chi connectivity index (χ2n) is 5.08. The molecule has 0 bridgehead atoms. The summed E-state index contributed by atoms with van der Waals surface area (Å²) in [4.78, 5) is 33.6. The zero-order valence-electron chi connectivity index (χ0n) is 12.6. The number of rotatable bonds is 5. The van der Waals surface area contributed by atoms with Crippen LogP contribution in [0.3, 0.4) is 0 Å². The molecule has 4 N–H and O–H groups in total. The van der Waals surface area contributed by atoms with Crippen molar-refractivity contribution in [2.75, 3.05) is 11.5 Å². The molecule has 6 nitrogen and oxygen atoms in total. The van der Waals surface area contributed by atoms with Crippen LogP contribution in [-0.4, -0.2) is 26.5 Å². The Hall–Kier alpha value is -2.54. The summed E-state index contributed by atoms with van der Waals surface area (Å²) in [6.07, 6.45) is 2.64. The van der Waals surface area contributed by atoms with Crippen LogP contribution in [0.5, 0.6) is 0 Å². The van der Waals surface area contributed by atoms with Crippen LogP contribution in [-0.2, 0) is 6.42 Å². The molecule has 0 amide bonds. The number of aryl methyl sites for hydroxylation is 1. The first kappa shape index (κ1) is 15.4. The molecule has 0 aliphatic rings. The van der Waals surface area contributed by atoms with E-state index in [1.165, 1.54) is 11.6 Å². The Balaban J connectivity index is 1.82. The van der Waals surface area contributed by atoms with Crippen LogP contribution in [0.4, 0.5) is 5.82 Å². The number of para-hydroxylation sites is 1. The lowest BCUT2D eigenvalue weighted by Gasteiger charge is -2.02. The molecule has 0 fully saturated rings. The number of nitrogens with two attached hydrogens (primary N) is 1. The summed E-state index contributed by atoms with van der Waals surface area (Å²) in [5, 5.41) is 1.27.